The van der Waals surface area contributed by atoms with Crippen molar-refractivity contribution in [3.8, 4) is 5.88 Å². The maximum absolute atomic E-state index is 13.0. The second-order valence-corrected chi connectivity index (χ2v) is 11.2. The molecule has 0 bridgehead atoms. The summed E-state index contributed by atoms with van der Waals surface area (Å²) in [5.41, 5.74) is 1.12. The van der Waals surface area contributed by atoms with E-state index < -0.39 is 23.4 Å². The van der Waals surface area contributed by atoms with Gasteiger partial charge in [-0.15, -0.1) is 0 Å². The van der Waals surface area contributed by atoms with Gasteiger partial charge in [0.25, 0.3) is 0 Å². The van der Waals surface area contributed by atoms with E-state index >= 15 is 0 Å². The van der Waals surface area contributed by atoms with Crippen LogP contribution in [-0.4, -0.2) is 46.9 Å². The number of ether oxygens (including phenoxy) is 2. The molecule has 1 fully saturated rings. The quantitative estimate of drug-likeness (QED) is 0.355. The molecule has 6 nitrogen and oxygen atoms in total. The molecular weight excluding hydrogens is 533 g/mol. The van der Waals surface area contributed by atoms with Gasteiger partial charge in [-0.05, 0) is 74.9 Å². The molecule has 210 valence electrons. The molecule has 1 atom stereocenters. The van der Waals surface area contributed by atoms with Crippen LogP contribution in [0.15, 0.2) is 42.5 Å². The van der Waals surface area contributed by atoms with Gasteiger partial charge in [-0.2, -0.15) is 13.2 Å². The number of aliphatic hydroxyl groups is 1. The Hall–Kier alpha value is -3.04. The first kappa shape index (κ1) is 29.0. The summed E-state index contributed by atoms with van der Waals surface area (Å²) in [5.74, 6) is 0.230. The minimum absolute atomic E-state index is 0.0577. The maximum Gasteiger partial charge on any atom is 0.416 e. The number of carbonyl (C=O) groups excluding carboxylic acids is 1. The molecule has 1 amide bonds. The van der Waals surface area contributed by atoms with Crippen LogP contribution < -0.4 is 4.74 Å². The van der Waals surface area contributed by atoms with Gasteiger partial charge < -0.3 is 19.5 Å². The van der Waals surface area contributed by atoms with Crippen LogP contribution in [0.5, 0.6) is 5.88 Å². The highest BCUT2D eigenvalue weighted by molar-refractivity contribution is 6.36. The number of likely N-dealkylation sites (tertiary alicyclic amines) is 1. The zero-order valence-corrected chi connectivity index (χ0v) is 23.1. The monoisotopic (exact) mass is 564 g/mol. The fourth-order valence-electron chi connectivity index (χ4n) is 4.78. The summed E-state index contributed by atoms with van der Waals surface area (Å²) < 4.78 is 49.8. The molecule has 1 N–H and O–H groups in total. The number of hydrogen-bond donors (Lipinski definition) is 1. The minimum atomic E-state index is -4.41. The molecule has 1 aliphatic rings. The predicted molar refractivity (Wildman–Crippen MR) is 143 cm³/mol. The van der Waals surface area contributed by atoms with Crippen molar-refractivity contribution < 1.29 is 32.5 Å². The van der Waals surface area contributed by atoms with Crippen LogP contribution >= 0.6 is 11.6 Å². The molecule has 4 rings (SSSR count). The number of carbonyl (C=O) groups is 1. The van der Waals surface area contributed by atoms with Crippen LogP contribution in [0.25, 0.3) is 10.9 Å². The topological polar surface area (TPSA) is 71.9 Å². The average molecular weight is 565 g/mol. The first-order chi connectivity index (χ1) is 18.3. The molecule has 0 aliphatic carbocycles. The van der Waals surface area contributed by atoms with Crippen LogP contribution in [0, 0.1) is 5.92 Å². The highest BCUT2D eigenvalue weighted by Crippen LogP contribution is 2.38. The zero-order chi connectivity index (χ0) is 28.5. The summed E-state index contributed by atoms with van der Waals surface area (Å²) in [7, 11) is 1.46. The van der Waals surface area contributed by atoms with Gasteiger partial charge in [0.05, 0.1) is 29.3 Å². The van der Waals surface area contributed by atoms with Crippen molar-refractivity contribution in [3.63, 3.8) is 0 Å². The van der Waals surface area contributed by atoms with E-state index in [0.717, 1.165) is 12.1 Å². The molecule has 1 aliphatic heterocycles. The molecule has 0 spiro atoms. The van der Waals surface area contributed by atoms with E-state index in [9.17, 15) is 23.1 Å². The summed E-state index contributed by atoms with van der Waals surface area (Å²) in [6.45, 7) is 6.45. The van der Waals surface area contributed by atoms with Gasteiger partial charge in [-0.3, -0.25) is 0 Å². The summed E-state index contributed by atoms with van der Waals surface area (Å²) in [6, 6.07) is 10.2. The normalized spacial score (nSPS) is 15.9. The summed E-state index contributed by atoms with van der Waals surface area (Å²) in [4.78, 5) is 18.6. The zero-order valence-electron chi connectivity index (χ0n) is 22.3. The third-order valence-electron chi connectivity index (χ3n) is 6.84. The van der Waals surface area contributed by atoms with E-state index in [1.807, 2.05) is 20.8 Å². The van der Waals surface area contributed by atoms with Crippen molar-refractivity contribution in [1.82, 2.24) is 9.88 Å². The highest BCUT2D eigenvalue weighted by Gasteiger charge is 2.32. The van der Waals surface area contributed by atoms with Gasteiger partial charge in [-0.1, -0.05) is 29.8 Å². The lowest BCUT2D eigenvalue weighted by Crippen LogP contribution is -2.42. The van der Waals surface area contributed by atoms with Crippen LogP contribution in [0.4, 0.5) is 18.0 Å². The van der Waals surface area contributed by atoms with Crippen LogP contribution in [0.3, 0.4) is 0 Å². The largest absolute Gasteiger partial charge is 0.481 e. The number of halogens is 4. The second kappa shape index (κ2) is 11.2. The Morgan fingerprint density at radius 3 is 2.33 bits per heavy atom. The van der Waals surface area contributed by atoms with E-state index in [0.29, 0.717) is 58.5 Å². The molecule has 0 radical (unpaired) electrons. The standard InChI is InChI=1S/C29H32ClF3N2O4/c1-28(2,3)39-27(37)35-13-11-18(12-14-35)25(36)19-7-10-23-21(16-19)24(30)22(26(34-23)38-4)15-17-5-8-20(9-6-17)29(31,32)33/h5-10,16,18,25,36H,11-15H2,1-4H3. The number of alkyl halides is 3. The summed E-state index contributed by atoms with van der Waals surface area (Å²) in [5, 5.41) is 12.2. The highest BCUT2D eigenvalue weighted by atomic mass is 35.5. The number of piperidine rings is 1. The van der Waals surface area contributed by atoms with Crippen molar-refractivity contribution in [2.45, 2.75) is 57.9 Å². The number of benzene rings is 2. The number of fused-ring (bicyclic) bond motifs is 1. The van der Waals surface area contributed by atoms with Crippen molar-refractivity contribution >= 4 is 28.6 Å². The molecule has 39 heavy (non-hydrogen) atoms. The molecule has 0 saturated carbocycles. The fraction of sp³-hybridized carbons (Fsp3) is 0.448. The smallest absolute Gasteiger partial charge is 0.416 e. The minimum Gasteiger partial charge on any atom is -0.481 e. The first-order valence-corrected chi connectivity index (χ1v) is 13.1. The van der Waals surface area contributed by atoms with E-state index in [1.165, 1.54) is 19.2 Å². The summed E-state index contributed by atoms with van der Waals surface area (Å²) >= 11 is 6.81. The first-order valence-electron chi connectivity index (χ1n) is 12.7. The van der Waals surface area contributed by atoms with E-state index in [-0.39, 0.29) is 24.3 Å². The third-order valence-corrected chi connectivity index (χ3v) is 7.27. The number of rotatable bonds is 5. The van der Waals surface area contributed by atoms with Gasteiger partial charge >= 0.3 is 12.3 Å². The number of pyridine rings is 1. The lowest BCUT2D eigenvalue weighted by atomic mass is 9.87. The predicted octanol–water partition coefficient (Wildman–Crippen LogP) is 7.19. The van der Waals surface area contributed by atoms with E-state index in [4.69, 9.17) is 21.1 Å². The SMILES string of the molecule is COc1nc2ccc(C(O)C3CCN(C(=O)OC(C)(C)C)CC3)cc2c(Cl)c1Cc1ccc(C(F)(F)F)cc1. The number of nitrogens with zero attached hydrogens (tertiary/aromatic N) is 2. The lowest BCUT2D eigenvalue weighted by Gasteiger charge is -2.35. The Morgan fingerprint density at radius 1 is 1.13 bits per heavy atom. The molecule has 1 unspecified atom stereocenters. The van der Waals surface area contributed by atoms with Crippen molar-refractivity contribution in [1.29, 1.82) is 0 Å². The molecule has 10 heteroatoms. The molecule has 2 heterocycles. The lowest BCUT2D eigenvalue weighted by molar-refractivity contribution is -0.137. The van der Waals surface area contributed by atoms with Gasteiger partial charge in [0, 0.05) is 30.5 Å². The molecule has 3 aromatic rings. The van der Waals surface area contributed by atoms with Crippen LogP contribution in [0.2, 0.25) is 5.02 Å². The second-order valence-electron chi connectivity index (χ2n) is 10.8. The number of hydrogen-bond acceptors (Lipinski definition) is 5. The summed E-state index contributed by atoms with van der Waals surface area (Å²) in [6.07, 6.45) is -4.08. The Kier molecular flexibility index (Phi) is 8.33. The van der Waals surface area contributed by atoms with E-state index in [2.05, 4.69) is 4.98 Å². The average Bonchev–Trinajstić information content (AvgIpc) is 2.88. The Balaban J connectivity index is 1.54. The number of aliphatic hydroxyl groups excluding tert-OH is 1. The van der Waals surface area contributed by atoms with Gasteiger partial charge in [-0.25, -0.2) is 9.78 Å². The van der Waals surface area contributed by atoms with Crippen LogP contribution in [-0.2, 0) is 17.3 Å². The Morgan fingerprint density at radius 2 is 1.77 bits per heavy atom. The number of amides is 1. The Bertz CT molecular complexity index is 1330. The van der Waals surface area contributed by atoms with Gasteiger partial charge in [0.2, 0.25) is 5.88 Å². The molecular formula is C29H32ClF3N2O4. The molecule has 2 aromatic carbocycles. The van der Waals surface area contributed by atoms with E-state index in [1.54, 1.807) is 23.1 Å². The van der Waals surface area contributed by atoms with Crippen molar-refractivity contribution in [3.05, 3.63) is 69.7 Å². The van der Waals surface area contributed by atoms with Crippen molar-refractivity contribution in [2.24, 2.45) is 5.92 Å². The fourth-order valence-corrected chi connectivity index (χ4v) is 5.08. The number of methoxy groups -OCH3 is 1. The van der Waals surface area contributed by atoms with Crippen LogP contribution in [0.1, 0.15) is 62.0 Å². The van der Waals surface area contributed by atoms with Gasteiger partial charge in [0.1, 0.15) is 5.60 Å². The number of aromatic nitrogens is 1. The van der Waals surface area contributed by atoms with Crippen molar-refractivity contribution in [2.75, 3.05) is 20.2 Å². The Labute approximate surface area is 230 Å². The third kappa shape index (κ3) is 6.76. The molecule has 1 saturated heterocycles. The maximum atomic E-state index is 13.0. The van der Waals surface area contributed by atoms with Gasteiger partial charge in [0.15, 0.2) is 0 Å². The molecule has 1 aromatic heterocycles.